The van der Waals surface area contributed by atoms with Crippen LogP contribution in [-0.2, 0) is 9.47 Å². The number of carbonyl (C=O) groups is 2. The van der Waals surface area contributed by atoms with Crippen molar-refractivity contribution in [2.75, 3.05) is 13.2 Å². The first-order valence-electron chi connectivity index (χ1n) is 9.26. The Hall–Kier alpha value is -2.32. The van der Waals surface area contributed by atoms with Gasteiger partial charge in [0.05, 0.1) is 31.5 Å². The predicted octanol–water partition coefficient (Wildman–Crippen LogP) is 1.77. The summed E-state index contributed by atoms with van der Waals surface area (Å²) in [5, 5.41) is 22.6. The highest BCUT2D eigenvalue weighted by atomic mass is 16.6. The summed E-state index contributed by atoms with van der Waals surface area (Å²) >= 11 is 0. The number of benzene rings is 1. The van der Waals surface area contributed by atoms with Gasteiger partial charge in [-0.15, -0.1) is 0 Å². The van der Waals surface area contributed by atoms with E-state index >= 15 is 0 Å². The largest absolute Gasteiger partial charge is 0.449 e. The number of carbonyl (C=O) groups excluding carboxylic acids is 2. The molecule has 148 valence electrons. The lowest BCUT2D eigenvalue weighted by molar-refractivity contribution is 0.000993. The van der Waals surface area contributed by atoms with Gasteiger partial charge in [-0.05, 0) is 32.3 Å². The molecular formula is C19H26N2O6. The highest BCUT2D eigenvalue weighted by Gasteiger charge is 2.69. The van der Waals surface area contributed by atoms with Gasteiger partial charge in [-0.3, -0.25) is 0 Å². The molecule has 0 heterocycles. The molecule has 0 unspecified atom stereocenters. The minimum absolute atomic E-state index is 0.126. The number of aliphatic hydroxyl groups excluding tert-OH is 2. The van der Waals surface area contributed by atoms with Crippen LogP contribution in [0.15, 0.2) is 30.3 Å². The van der Waals surface area contributed by atoms with E-state index in [9.17, 15) is 19.8 Å². The fourth-order valence-electron chi connectivity index (χ4n) is 4.15. The molecule has 2 amide bonds. The second-order valence-corrected chi connectivity index (χ2v) is 6.95. The molecule has 3 N–H and O–H groups in total. The molecule has 27 heavy (non-hydrogen) atoms. The summed E-state index contributed by atoms with van der Waals surface area (Å²) in [7, 11) is 0. The Morgan fingerprint density at radius 3 is 2.33 bits per heavy atom. The Balaban J connectivity index is 2.00. The zero-order chi connectivity index (χ0) is 19.6. The third-order valence-corrected chi connectivity index (χ3v) is 5.45. The average molecular weight is 378 g/mol. The Kier molecular flexibility index (Phi) is 5.57. The van der Waals surface area contributed by atoms with E-state index in [1.54, 1.807) is 13.8 Å². The van der Waals surface area contributed by atoms with Crippen molar-refractivity contribution in [2.24, 2.45) is 5.41 Å². The molecule has 1 aromatic rings. The molecule has 1 aromatic carbocycles. The molecule has 0 bridgehead atoms. The van der Waals surface area contributed by atoms with Crippen LogP contribution in [0.5, 0.6) is 0 Å². The van der Waals surface area contributed by atoms with Crippen molar-refractivity contribution >= 4 is 12.2 Å². The molecule has 3 rings (SSSR count). The fourth-order valence-corrected chi connectivity index (χ4v) is 4.15. The molecule has 8 nitrogen and oxygen atoms in total. The second kappa shape index (κ2) is 7.74. The highest BCUT2D eigenvalue weighted by molar-refractivity contribution is 5.74. The average Bonchev–Trinajstić information content (AvgIpc) is 3.42. The Morgan fingerprint density at radius 1 is 1.15 bits per heavy atom. The molecule has 2 aliphatic carbocycles. The van der Waals surface area contributed by atoms with Gasteiger partial charge in [0.2, 0.25) is 0 Å². The Bertz CT molecular complexity index is 678. The molecular weight excluding hydrogens is 352 g/mol. The monoisotopic (exact) mass is 378 g/mol. The van der Waals surface area contributed by atoms with Gasteiger partial charge in [0.15, 0.2) is 0 Å². The quantitative estimate of drug-likeness (QED) is 0.689. The molecule has 4 atom stereocenters. The van der Waals surface area contributed by atoms with Crippen LogP contribution in [0.2, 0.25) is 0 Å². The van der Waals surface area contributed by atoms with E-state index in [1.165, 1.54) is 0 Å². The Morgan fingerprint density at radius 2 is 1.78 bits per heavy atom. The first-order chi connectivity index (χ1) is 13.0. The van der Waals surface area contributed by atoms with Crippen LogP contribution in [0.1, 0.15) is 38.2 Å². The van der Waals surface area contributed by atoms with Crippen LogP contribution < -0.4 is 5.43 Å². The van der Waals surface area contributed by atoms with E-state index in [1.807, 2.05) is 30.3 Å². The predicted molar refractivity (Wildman–Crippen MR) is 95.7 cm³/mol. The summed E-state index contributed by atoms with van der Waals surface area (Å²) < 4.78 is 10.0. The van der Waals surface area contributed by atoms with Crippen LogP contribution in [0.3, 0.4) is 0 Å². The summed E-state index contributed by atoms with van der Waals surface area (Å²) in [6, 6.07) is 8.52. The molecule has 0 aromatic heterocycles. The number of nitrogens with zero attached hydrogens (tertiary/aromatic N) is 1. The van der Waals surface area contributed by atoms with E-state index in [2.05, 4.69) is 5.43 Å². The molecule has 2 saturated carbocycles. The first-order valence-corrected chi connectivity index (χ1v) is 9.26. The smallest absolute Gasteiger partial charge is 0.429 e. The lowest BCUT2D eigenvalue weighted by Gasteiger charge is -2.35. The van der Waals surface area contributed by atoms with Crippen molar-refractivity contribution in [1.82, 2.24) is 10.4 Å². The number of rotatable bonds is 4. The zero-order valence-electron chi connectivity index (χ0n) is 15.5. The number of hydrazine groups is 1. The summed E-state index contributed by atoms with van der Waals surface area (Å²) in [4.78, 5) is 24.7. The number of ether oxygens (including phenoxy) is 2. The van der Waals surface area contributed by atoms with Gasteiger partial charge in [0.1, 0.15) is 0 Å². The van der Waals surface area contributed by atoms with Gasteiger partial charge < -0.3 is 19.7 Å². The summed E-state index contributed by atoms with van der Waals surface area (Å²) in [5.74, 6) is -0.574. The number of hydrogen-bond donors (Lipinski definition) is 3. The number of aliphatic hydroxyl groups is 2. The van der Waals surface area contributed by atoms with Crippen molar-refractivity contribution in [2.45, 2.75) is 50.9 Å². The van der Waals surface area contributed by atoms with Gasteiger partial charge in [-0.1, -0.05) is 30.3 Å². The van der Waals surface area contributed by atoms with E-state index in [0.29, 0.717) is 12.8 Å². The minimum atomic E-state index is -1.07. The summed E-state index contributed by atoms with van der Waals surface area (Å²) in [6.07, 6.45) is -2.33. The van der Waals surface area contributed by atoms with Gasteiger partial charge in [0.25, 0.3) is 0 Å². The zero-order valence-corrected chi connectivity index (χ0v) is 15.5. The van der Waals surface area contributed by atoms with Crippen LogP contribution in [0.4, 0.5) is 9.59 Å². The van der Waals surface area contributed by atoms with Crippen LogP contribution in [0, 0.1) is 5.41 Å². The van der Waals surface area contributed by atoms with Crippen molar-refractivity contribution in [3.05, 3.63) is 35.9 Å². The molecule has 0 saturated heterocycles. The summed E-state index contributed by atoms with van der Waals surface area (Å²) in [5.41, 5.74) is 2.54. The van der Waals surface area contributed by atoms with Crippen LogP contribution >= 0.6 is 0 Å². The lowest BCUT2D eigenvalue weighted by Crippen LogP contribution is -2.56. The molecule has 1 spiro atoms. The molecule has 2 aliphatic rings. The van der Waals surface area contributed by atoms with Crippen LogP contribution in [-0.4, -0.2) is 58.9 Å². The maximum Gasteiger partial charge on any atom is 0.429 e. The third-order valence-electron chi connectivity index (χ3n) is 5.45. The molecule has 8 heteroatoms. The first kappa shape index (κ1) is 19.4. The maximum atomic E-state index is 12.6. The topological polar surface area (TPSA) is 108 Å². The molecule has 0 radical (unpaired) electrons. The lowest BCUT2D eigenvalue weighted by atomic mass is 9.88. The van der Waals surface area contributed by atoms with E-state index in [-0.39, 0.29) is 13.2 Å². The third kappa shape index (κ3) is 3.46. The molecule has 0 aliphatic heterocycles. The van der Waals surface area contributed by atoms with E-state index in [4.69, 9.17) is 9.47 Å². The summed E-state index contributed by atoms with van der Waals surface area (Å²) in [6.45, 7) is 3.60. The van der Waals surface area contributed by atoms with Crippen molar-refractivity contribution < 1.29 is 29.3 Å². The van der Waals surface area contributed by atoms with E-state index in [0.717, 1.165) is 10.6 Å². The Labute approximate surface area is 158 Å². The van der Waals surface area contributed by atoms with Crippen molar-refractivity contribution in [3.63, 3.8) is 0 Å². The normalized spacial score (nSPS) is 27.9. The molecule has 2 fully saturated rings. The minimum Gasteiger partial charge on any atom is -0.449 e. The highest BCUT2D eigenvalue weighted by Crippen LogP contribution is 2.63. The van der Waals surface area contributed by atoms with Gasteiger partial charge >= 0.3 is 12.2 Å². The van der Waals surface area contributed by atoms with E-state index < -0.39 is 41.8 Å². The standard InChI is InChI=1S/C19H26N2O6/c1-3-26-17(24)20-21(18(25)27-4-2)15-13(12-8-6-5-7-9-12)14(22)16(23)19(15)10-11-19/h5-9,13-16,22-23H,3-4,10-11H2,1-2H3,(H,20,24)/t13-,14-,15+,16-/m0/s1. The van der Waals surface area contributed by atoms with Gasteiger partial charge in [-0.25, -0.2) is 20.0 Å². The second-order valence-electron chi connectivity index (χ2n) is 6.95. The fraction of sp³-hybridized carbons (Fsp3) is 0.579. The van der Waals surface area contributed by atoms with Gasteiger partial charge in [-0.2, -0.15) is 0 Å². The van der Waals surface area contributed by atoms with Crippen LogP contribution in [0.25, 0.3) is 0 Å². The number of amides is 2. The SMILES string of the molecule is CCOC(=O)NN(C(=O)OCC)[C@@H]1[C@@H](c2ccccc2)[C@H](O)[C@H](O)C12CC2. The van der Waals surface area contributed by atoms with Gasteiger partial charge in [0, 0.05) is 11.3 Å². The maximum absolute atomic E-state index is 12.6. The number of nitrogens with one attached hydrogen (secondary N) is 1. The van der Waals surface area contributed by atoms with Crippen molar-refractivity contribution in [3.8, 4) is 0 Å². The van der Waals surface area contributed by atoms with Crippen molar-refractivity contribution in [1.29, 1.82) is 0 Å². The number of hydrogen-bond acceptors (Lipinski definition) is 6.